The molecule has 0 fully saturated rings. The minimum absolute atomic E-state index is 0.0863. The number of carbonyl (C=O) groups is 1. The Labute approximate surface area is 107 Å². The number of ether oxygens (including phenoxy) is 1. The molecule has 5 heteroatoms. The molecule has 0 aliphatic carbocycles. The first-order valence-electron chi connectivity index (χ1n) is 5.89. The number of nitrogens with two attached hydrogens (primary N) is 1. The van der Waals surface area contributed by atoms with Crippen LogP contribution >= 0.6 is 0 Å². The van der Waals surface area contributed by atoms with Crippen LogP contribution in [0.1, 0.15) is 11.6 Å². The molecule has 18 heavy (non-hydrogen) atoms. The van der Waals surface area contributed by atoms with Crippen LogP contribution in [0.15, 0.2) is 30.3 Å². The van der Waals surface area contributed by atoms with Gasteiger partial charge in [-0.1, -0.05) is 30.3 Å². The molecule has 0 aliphatic heterocycles. The first kappa shape index (κ1) is 14.6. The number of rotatable bonds is 7. The quantitative estimate of drug-likeness (QED) is 0.724. The molecule has 1 rings (SSSR count). The fourth-order valence-electron chi connectivity index (χ4n) is 1.65. The number of hydrogen-bond donors (Lipinski definition) is 2. The van der Waals surface area contributed by atoms with Crippen molar-refractivity contribution in [3.63, 3.8) is 0 Å². The highest BCUT2D eigenvalue weighted by Crippen LogP contribution is 2.12. The third kappa shape index (κ3) is 4.10. The maximum Gasteiger partial charge on any atom is 0.244 e. The molecule has 100 valence electrons. The number of amides is 1. The van der Waals surface area contributed by atoms with Crippen LogP contribution in [-0.4, -0.2) is 49.3 Å². The summed E-state index contributed by atoms with van der Waals surface area (Å²) in [7, 11) is 1.57. The van der Waals surface area contributed by atoms with Crippen LogP contribution in [0.25, 0.3) is 0 Å². The third-order valence-corrected chi connectivity index (χ3v) is 2.67. The number of carbonyl (C=O) groups excluding carboxylic acids is 1. The van der Waals surface area contributed by atoms with Crippen LogP contribution in [0.3, 0.4) is 0 Å². The van der Waals surface area contributed by atoms with Crippen molar-refractivity contribution >= 4 is 5.91 Å². The van der Waals surface area contributed by atoms with Gasteiger partial charge in [0, 0.05) is 20.2 Å². The molecule has 1 atom stereocenters. The highest BCUT2D eigenvalue weighted by Gasteiger charge is 2.21. The number of methoxy groups -OCH3 is 1. The number of benzene rings is 1. The lowest BCUT2D eigenvalue weighted by atomic mass is 10.1. The van der Waals surface area contributed by atoms with E-state index in [-0.39, 0.29) is 19.1 Å². The predicted molar refractivity (Wildman–Crippen MR) is 68.9 cm³/mol. The Morgan fingerprint density at radius 1 is 1.39 bits per heavy atom. The van der Waals surface area contributed by atoms with Crippen LogP contribution in [-0.2, 0) is 9.53 Å². The molecule has 0 saturated carbocycles. The van der Waals surface area contributed by atoms with Crippen molar-refractivity contribution in [1.29, 1.82) is 0 Å². The maximum absolute atomic E-state index is 12.2. The van der Waals surface area contributed by atoms with Gasteiger partial charge < -0.3 is 20.5 Å². The van der Waals surface area contributed by atoms with Crippen LogP contribution < -0.4 is 5.73 Å². The maximum atomic E-state index is 12.2. The number of aliphatic hydroxyl groups excluding tert-OH is 1. The van der Waals surface area contributed by atoms with E-state index in [1.807, 2.05) is 30.3 Å². The van der Waals surface area contributed by atoms with Crippen LogP contribution in [0.5, 0.6) is 0 Å². The van der Waals surface area contributed by atoms with E-state index in [1.165, 1.54) is 4.90 Å². The van der Waals surface area contributed by atoms with Gasteiger partial charge in [0.05, 0.1) is 13.2 Å². The van der Waals surface area contributed by atoms with Crippen molar-refractivity contribution in [3.05, 3.63) is 35.9 Å². The molecule has 0 heterocycles. The van der Waals surface area contributed by atoms with Gasteiger partial charge in [-0.2, -0.15) is 0 Å². The van der Waals surface area contributed by atoms with Gasteiger partial charge in [-0.3, -0.25) is 4.79 Å². The molecule has 0 aromatic heterocycles. The molecule has 5 nitrogen and oxygen atoms in total. The highest BCUT2D eigenvalue weighted by atomic mass is 16.5. The van der Waals surface area contributed by atoms with Crippen molar-refractivity contribution in [3.8, 4) is 0 Å². The standard InChI is InChI=1S/C13H20N2O3/c1-18-10-8-15(7-9-16)13(17)12(14)11-5-3-2-4-6-11/h2-6,12,16H,7-10,14H2,1H3. The largest absolute Gasteiger partial charge is 0.395 e. The van der Waals surface area contributed by atoms with Crippen molar-refractivity contribution in [2.45, 2.75) is 6.04 Å². The van der Waals surface area contributed by atoms with Gasteiger partial charge in [0.25, 0.3) is 0 Å². The highest BCUT2D eigenvalue weighted by molar-refractivity contribution is 5.83. The zero-order chi connectivity index (χ0) is 13.4. The van der Waals surface area contributed by atoms with Gasteiger partial charge in [-0.25, -0.2) is 0 Å². The summed E-state index contributed by atoms with van der Waals surface area (Å²) < 4.78 is 4.94. The zero-order valence-corrected chi connectivity index (χ0v) is 10.6. The topological polar surface area (TPSA) is 75.8 Å². The summed E-state index contributed by atoms with van der Waals surface area (Å²) in [6.07, 6.45) is 0. The molecule has 0 bridgehead atoms. The van der Waals surface area contributed by atoms with E-state index in [0.717, 1.165) is 5.56 Å². The Bertz CT molecular complexity index is 357. The van der Waals surface area contributed by atoms with E-state index in [2.05, 4.69) is 0 Å². The summed E-state index contributed by atoms with van der Waals surface area (Å²) in [5, 5.41) is 8.96. The first-order valence-corrected chi connectivity index (χ1v) is 5.89. The lowest BCUT2D eigenvalue weighted by Crippen LogP contribution is -2.41. The second kappa shape index (κ2) is 7.81. The number of aliphatic hydroxyl groups is 1. The van der Waals surface area contributed by atoms with Gasteiger partial charge in [-0.15, -0.1) is 0 Å². The molecular weight excluding hydrogens is 232 g/mol. The Morgan fingerprint density at radius 3 is 2.61 bits per heavy atom. The van der Waals surface area contributed by atoms with Gasteiger partial charge in [0.15, 0.2) is 0 Å². The van der Waals surface area contributed by atoms with E-state index < -0.39 is 6.04 Å². The molecule has 1 amide bonds. The summed E-state index contributed by atoms with van der Waals surface area (Å²) in [4.78, 5) is 13.7. The normalized spacial score (nSPS) is 12.2. The van der Waals surface area contributed by atoms with Gasteiger partial charge in [0.1, 0.15) is 6.04 Å². The average molecular weight is 252 g/mol. The van der Waals surface area contributed by atoms with Crippen LogP contribution in [0.4, 0.5) is 0 Å². The Balaban J connectivity index is 2.69. The molecule has 0 spiro atoms. The monoisotopic (exact) mass is 252 g/mol. The Morgan fingerprint density at radius 2 is 2.06 bits per heavy atom. The van der Waals surface area contributed by atoms with E-state index in [4.69, 9.17) is 15.6 Å². The summed E-state index contributed by atoms with van der Waals surface area (Å²) in [6.45, 7) is 1.03. The van der Waals surface area contributed by atoms with Gasteiger partial charge in [0.2, 0.25) is 5.91 Å². The van der Waals surface area contributed by atoms with E-state index in [0.29, 0.717) is 13.2 Å². The van der Waals surface area contributed by atoms with Gasteiger partial charge in [-0.05, 0) is 5.56 Å². The van der Waals surface area contributed by atoms with E-state index in [1.54, 1.807) is 7.11 Å². The minimum Gasteiger partial charge on any atom is -0.395 e. The lowest BCUT2D eigenvalue weighted by Gasteiger charge is -2.24. The second-order valence-electron chi connectivity index (χ2n) is 3.93. The summed E-state index contributed by atoms with van der Waals surface area (Å²) in [5.74, 6) is -0.202. The Hall–Kier alpha value is -1.43. The Kier molecular flexibility index (Phi) is 6.35. The van der Waals surface area contributed by atoms with Crippen molar-refractivity contribution in [1.82, 2.24) is 4.90 Å². The van der Waals surface area contributed by atoms with E-state index in [9.17, 15) is 4.79 Å². The smallest absolute Gasteiger partial charge is 0.244 e. The molecule has 0 aliphatic rings. The van der Waals surface area contributed by atoms with Crippen molar-refractivity contribution in [2.24, 2.45) is 5.73 Å². The molecular formula is C13H20N2O3. The summed E-state index contributed by atoms with van der Waals surface area (Å²) in [6, 6.07) is 8.49. The molecule has 0 radical (unpaired) electrons. The van der Waals surface area contributed by atoms with Gasteiger partial charge >= 0.3 is 0 Å². The second-order valence-corrected chi connectivity index (χ2v) is 3.93. The molecule has 1 aromatic rings. The summed E-state index contributed by atoms with van der Waals surface area (Å²) >= 11 is 0. The fraction of sp³-hybridized carbons (Fsp3) is 0.462. The molecule has 0 saturated heterocycles. The predicted octanol–water partition coefficient (Wildman–Crippen LogP) is 0.154. The van der Waals surface area contributed by atoms with Crippen molar-refractivity contribution in [2.75, 3.05) is 33.4 Å². The van der Waals surface area contributed by atoms with Crippen molar-refractivity contribution < 1.29 is 14.6 Å². The molecule has 3 N–H and O–H groups in total. The summed E-state index contributed by atoms with van der Waals surface area (Å²) in [5.41, 5.74) is 6.69. The lowest BCUT2D eigenvalue weighted by molar-refractivity contribution is -0.133. The molecule has 1 aromatic carbocycles. The third-order valence-electron chi connectivity index (χ3n) is 2.67. The average Bonchev–Trinajstić information content (AvgIpc) is 2.43. The minimum atomic E-state index is -0.699. The number of nitrogens with zero attached hydrogens (tertiary/aromatic N) is 1. The van der Waals surface area contributed by atoms with Crippen LogP contribution in [0.2, 0.25) is 0 Å². The first-order chi connectivity index (χ1) is 8.70. The number of hydrogen-bond acceptors (Lipinski definition) is 4. The molecule has 1 unspecified atom stereocenters. The zero-order valence-electron chi connectivity index (χ0n) is 10.6. The van der Waals surface area contributed by atoms with Crippen LogP contribution in [0, 0.1) is 0 Å². The SMILES string of the molecule is COCCN(CCO)C(=O)C(N)c1ccccc1. The fourth-order valence-corrected chi connectivity index (χ4v) is 1.65. The van der Waals surface area contributed by atoms with E-state index >= 15 is 0 Å².